The summed E-state index contributed by atoms with van der Waals surface area (Å²) in [5.41, 5.74) is 12.2. The first kappa shape index (κ1) is 22.7. The molecule has 5 rings (SSSR count). The largest absolute Gasteiger partial charge is 0.438 e. The van der Waals surface area contributed by atoms with Gasteiger partial charge in [-0.25, -0.2) is 4.98 Å². The van der Waals surface area contributed by atoms with E-state index in [1.807, 2.05) is 24.1 Å². The van der Waals surface area contributed by atoms with Gasteiger partial charge in [0.15, 0.2) is 5.58 Å². The van der Waals surface area contributed by atoms with Crippen molar-refractivity contribution in [2.45, 2.75) is 58.6 Å². The Balaban J connectivity index is 1.48. The fraction of sp³-hybridized carbons (Fsp3) is 0.481. The molecule has 2 aromatic carbocycles. The molecule has 3 aromatic rings. The van der Waals surface area contributed by atoms with Crippen molar-refractivity contribution in [3.05, 3.63) is 52.9 Å². The van der Waals surface area contributed by atoms with E-state index in [0.29, 0.717) is 23.7 Å². The number of nitrogen functional groups attached to an aromatic ring is 1. The third kappa shape index (κ3) is 4.13. The van der Waals surface area contributed by atoms with E-state index in [9.17, 15) is 4.79 Å². The summed E-state index contributed by atoms with van der Waals surface area (Å²) < 4.78 is 11.9. The fourth-order valence-corrected chi connectivity index (χ4v) is 5.23. The summed E-state index contributed by atoms with van der Waals surface area (Å²) in [7, 11) is 1.82. The molecule has 7 heteroatoms. The van der Waals surface area contributed by atoms with Gasteiger partial charge in [-0.3, -0.25) is 4.79 Å². The SMILES string of the molecule is CNc1ccc(C(=O)N2CCc3cc4nc([C@H]5CCCO5)oc4cc3C[C@H]2C(C)(C)C)cc1N. The second-order valence-electron chi connectivity index (χ2n) is 10.5. The number of aromatic nitrogens is 1. The minimum atomic E-state index is -0.104. The summed E-state index contributed by atoms with van der Waals surface area (Å²) in [5, 5.41) is 3.06. The normalized spacial score (nSPS) is 20.9. The standard InChI is InChI=1S/C27H34N4O3/c1-27(2,3)24-15-18-14-23-21(30-25(34-23)22-6-5-11-33-22)13-16(18)9-10-31(24)26(32)17-7-8-20(29-4)19(28)12-17/h7-8,12-14,22,24,29H,5-6,9-11,15,28H2,1-4H3/t22-,24+/m1/s1. The highest BCUT2D eigenvalue weighted by molar-refractivity contribution is 5.96. The molecule has 3 N–H and O–H groups in total. The molecule has 0 aliphatic carbocycles. The Morgan fingerprint density at radius 1 is 1.21 bits per heavy atom. The lowest BCUT2D eigenvalue weighted by atomic mass is 9.81. The van der Waals surface area contributed by atoms with Crippen LogP contribution in [0.15, 0.2) is 34.7 Å². The van der Waals surface area contributed by atoms with E-state index in [-0.39, 0.29) is 23.5 Å². The van der Waals surface area contributed by atoms with Gasteiger partial charge in [0.05, 0.1) is 11.4 Å². The number of ether oxygens (including phenoxy) is 1. The summed E-state index contributed by atoms with van der Waals surface area (Å²) in [6, 6.07) is 9.79. The Kier molecular flexibility index (Phi) is 5.76. The lowest BCUT2D eigenvalue weighted by Crippen LogP contribution is -2.48. The fourth-order valence-electron chi connectivity index (χ4n) is 5.23. The Bertz CT molecular complexity index is 1220. The van der Waals surface area contributed by atoms with Crippen LogP contribution in [0.3, 0.4) is 0 Å². The van der Waals surface area contributed by atoms with Crippen LogP contribution in [-0.2, 0) is 17.6 Å². The van der Waals surface area contributed by atoms with Crippen LogP contribution in [-0.4, -0.2) is 42.0 Å². The minimum absolute atomic E-state index is 0.0181. The van der Waals surface area contributed by atoms with Gasteiger partial charge in [0.25, 0.3) is 5.91 Å². The van der Waals surface area contributed by atoms with Gasteiger partial charge in [0, 0.05) is 31.8 Å². The number of nitrogens with one attached hydrogen (secondary N) is 1. The van der Waals surface area contributed by atoms with Gasteiger partial charge in [0.1, 0.15) is 11.6 Å². The van der Waals surface area contributed by atoms with Crippen molar-refractivity contribution < 1.29 is 13.9 Å². The average molecular weight is 463 g/mol. The number of hydrogen-bond acceptors (Lipinski definition) is 6. The molecule has 0 radical (unpaired) electrons. The molecule has 1 aromatic heterocycles. The predicted octanol–water partition coefficient (Wildman–Crippen LogP) is 4.96. The average Bonchev–Trinajstić information content (AvgIpc) is 3.42. The van der Waals surface area contributed by atoms with Crippen LogP contribution in [0.1, 0.15) is 67.1 Å². The number of rotatable bonds is 3. The maximum atomic E-state index is 13.7. The Hall–Kier alpha value is -3.06. The van der Waals surface area contributed by atoms with Crippen LogP contribution in [0, 0.1) is 5.41 Å². The maximum absolute atomic E-state index is 13.7. The molecule has 0 unspecified atom stereocenters. The molecule has 1 saturated heterocycles. The molecule has 0 bridgehead atoms. The summed E-state index contributed by atoms with van der Waals surface area (Å²) >= 11 is 0. The number of hydrogen-bond donors (Lipinski definition) is 2. The van der Waals surface area contributed by atoms with E-state index in [0.717, 1.165) is 49.1 Å². The lowest BCUT2D eigenvalue weighted by molar-refractivity contribution is 0.0532. The Labute approximate surface area is 200 Å². The highest BCUT2D eigenvalue weighted by atomic mass is 16.5. The number of carbonyl (C=O) groups excluding carboxylic acids is 1. The van der Waals surface area contributed by atoms with Gasteiger partial charge >= 0.3 is 0 Å². The first-order valence-electron chi connectivity index (χ1n) is 12.2. The number of nitrogens with two attached hydrogens (primary N) is 1. The molecule has 2 atom stereocenters. The molecule has 180 valence electrons. The molecule has 2 aliphatic heterocycles. The van der Waals surface area contributed by atoms with Crippen LogP contribution in [0.5, 0.6) is 0 Å². The summed E-state index contributed by atoms with van der Waals surface area (Å²) in [4.78, 5) is 20.5. The van der Waals surface area contributed by atoms with E-state index in [1.54, 1.807) is 6.07 Å². The van der Waals surface area contributed by atoms with Crippen molar-refractivity contribution in [3.8, 4) is 0 Å². The van der Waals surface area contributed by atoms with Crippen LogP contribution in [0.4, 0.5) is 11.4 Å². The van der Waals surface area contributed by atoms with Crippen molar-refractivity contribution in [2.24, 2.45) is 5.41 Å². The predicted molar refractivity (Wildman–Crippen MR) is 134 cm³/mol. The number of amides is 1. The summed E-state index contributed by atoms with van der Waals surface area (Å²) in [6.45, 7) is 8.00. The zero-order chi connectivity index (χ0) is 24.0. The smallest absolute Gasteiger partial charge is 0.254 e. The van der Waals surface area contributed by atoms with Crippen molar-refractivity contribution in [1.82, 2.24) is 9.88 Å². The molecule has 7 nitrogen and oxygen atoms in total. The Morgan fingerprint density at radius 3 is 2.71 bits per heavy atom. The topological polar surface area (TPSA) is 93.6 Å². The second kappa shape index (κ2) is 8.62. The molecule has 2 aliphatic rings. The highest BCUT2D eigenvalue weighted by Crippen LogP contribution is 2.36. The second-order valence-corrected chi connectivity index (χ2v) is 10.5. The van der Waals surface area contributed by atoms with Crippen LogP contribution < -0.4 is 11.1 Å². The Morgan fingerprint density at radius 2 is 2.03 bits per heavy atom. The molecule has 1 amide bonds. The first-order valence-corrected chi connectivity index (χ1v) is 12.2. The molecular formula is C27H34N4O3. The molecule has 1 fully saturated rings. The van der Waals surface area contributed by atoms with Crippen LogP contribution >= 0.6 is 0 Å². The van der Waals surface area contributed by atoms with Crippen LogP contribution in [0.2, 0.25) is 0 Å². The van der Waals surface area contributed by atoms with Gasteiger partial charge in [0.2, 0.25) is 5.89 Å². The third-order valence-electron chi connectivity index (χ3n) is 7.17. The van der Waals surface area contributed by atoms with Gasteiger partial charge in [-0.05, 0) is 72.6 Å². The number of fused-ring (bicyclic) bond motifs is 2. The lowest BCUT2D eigenvalue weighted by Gasteiger charge is -2.39. The summed E-state index contributed by atoms with van der Waals surface area (Å²) in [5.74, 6) is 0.698. The number of nitrogens with zero attached hydrogens (tertiary/aromatic N) is 2. The number of carbonyl (C=O) groups is 1. The van der Waals surface area contributed by atoms with Gasteiger partial charge in [-0.2, -0.15) is 0 Å². The van der Waals surface area contributed by atoms with Gasteiger partial charge in [-0.1, -0.05) is 20.8 Å². The van der Waals surface area contributed by atoms with E-state index < -0.39 is 0 Å². The zero-order valence-electron chi connectivity index (χ0n) is 20.5. The third-order valence-corrected chi connectivity index (χ3v) is 7.17. The van der Waals surface area contributed by atoms with E-state index in [2.05, 4.69) is 38.2 Å². The van der Waals surface area contributed by atoms with E-state index in [4.69, 9.17) is 19.9 Å². The minimum Gasteiger partial charge on any atom is -0.438 e. The van der Waals surface area contributed by atoms with Crippen molar-refractivity contribution in [2.75, 3.05) is 31.2 Å². The quantitative estimate of drug-likeness (QED) is 0.535. The van der Waals surface area contributed by atoms with E-state index >= 15 is 0 Å². The number of oxazole rings is 1. The summed E-state index contributed by atoms with van der Waals surface area (Å²) in [6.07, 6.45) is 3.50. The van der Waals surface area contributed by atoms with Gasteiger partial charge < -0.3 is 25.1 Å². The zero-order valence-corrected chi connectivity index (χ0v) is 20.5. The number of benzene rings is 2. The monoisotopic (exact) mass is 462 g/mol. The molecular weight excluding hydrogens is 428 g/mol. The van der Waals surface area contributed by atoms with Crippen LogP contribution in [0.25, 0.3) is 11.1 Å². The first-order chi connectivity index (χ1) is 16.2. The highest BCUT2D eigenvalue weighted by Gasteiger charge is 2.36. The molecule has 0 spiro atoms. The van der Waals surface area contributed by atoms with E-state index in [1.165, 1.54) is 11.1 Å². The molecule has 0 saturated carbocycles. The van der Waals surface area contributed by atoms with Crippen molar-refractivity contribution in [1.29, 1.82) is 0 Å². The molecule has 34 heavy (non-hydrogen) atoms. The van der Waals surface area contributed by atoms with Crippen molar-refractivity contribution >= 4 is 28.4 Å². The van der Waals surface area contributed by atoms with Gasteiger partial charge in [-0.15, -0.1) is 0 Å². The van der Waals surface area contributed by atoms with Crippen molar-refractivity contribution in [3.63, 3.8) is 0 Å². The maximum Gasteiger partial charge on any atom is 0.254 e. The molecule has 3 heterocycles. The number of anilines is 2.